The van der Waals surface area contributed by atoms with E-state index in [1.807, 2.05) is 0 Å². The Morgan fingerprint density at radius 1 is 1.15 bits per heavy atom. The van der Waals surface area contributed by atoms with Crippen LogP contribution in [-0.4, -0.2) is 8.07 Å². The fourth-order valence-electron chi connectivity index (χ4n) is 1.19. The Balaban J connectivity index is 4.67. The topological polar surface area (TPSA) is 0 Å². The molecule has 0 saturated carbocycles. The summed E-state index contributed by atoms with van der Waals surface area (Å²) < 4.78 is 0. The highest BCUT2D eigenvalue weighted by atomic mass is 28.3. The lowest BCUT2D eigenvalue weighted by Gasteiger charge is -2.18. The molecule has 13 heavy (non-hydrogen) atoms. The third kappa shape index (κ3) is 5.86. The van der Waals surface area contributed by atoms with E-state index in [1.165, 1.54) is 18.4 Å². The van der Waals surface area contributed by atoms with E-state index in [0.717, 1.165) is 0 Å². The molecule has 0 fully saturated rings. The van der Waals surface area contributed by atoms with Crippen LogP contribution in [0.3, 0.4) is 0 Å². The second kappa shape index (κ2) is 5.43. The van der Waals surface area contributed by atoms with Gasteiger partial charge in [-0.1, -0.05) is 55.9 Å². The Labute approximate surface area is 84.8 Å². The maximum atomic E-state index is 2.43. The molecule has 0 aliphatic heterocycles. The lowest BCUT2D eigenvalue weighted by atomic mass is 10.2. The van der Waals surface area contributed by atoms with E-state index >= 15 is 0 Å². The van der Waals surface area contributed by atoms with Crippen molar-refractivity contribution < 1.29 is 0 Å². The molecule has 0 spiro atoms. The zero-order chi connectivity index (χ0) is 10.5. The van der Waals surface area contributed by atoms with Crippen LogP contribution in [0, 0.1) is 0 Å². The lowest BCUT2D eigenvalue weighted by Crippen LogP contribution is -2.22. The fraction of sp³-hybridized carbons (Fsp3) is 0.667. The van der Waals surface area contributed by atoms with E-state index in [9.17, 15) is 0 Å². The van der Waals surface area contributed by atoms with Gasteiger partial charge in [0.15, 0.2) is 0 Å². The van der Waals surface area contributed by atoms with E-state index in [4.69, 9.17) is 0 Å². The summed E-state index contributed by atoms with van der Waals surface area (Å²) >= 11 is 0. The monoisotopic (exact) mass is 196 g/mol. The zero-order valence-electron chi connectivity index (χ0n) is 10.1. The van der Waals surface area contributed by atoms with Crippen molar-refractivity contribution in [2.75, 3.05) is 0 Å². The summed E-state index contributed by atoms with van der Waals surface area (Å²) in [7, 11) is -1.10. The summed E-state index contributed by atoms with van der Waals surface area (Å²) in [6, 6.07) is 0. The van der Waals surface area contributed by atoms with Crippen LogP contribution < -0.4 is 0 Å². The van der Waals surface area contributed by atoms with Gasteiger partial charge < -0.3 is 0 Å². The third-order valence-electron chi connectivity index (χ3n) is 1.96. The van der Waals surface area contributed by atoms with Gasteiger partial charge in [-0.2, -0.15) is 0 Å². The van der Waals surface area contributed by atoms with Crippen molar-refractivity contribution in [3.63, 3.8) is 0 Å². The predicted octanol–water partition coefficient (Wildman–Crippen LogP) is 4.56. The average Bonchev–Trinajstić information content (AvgIpc) is 1.95. The first-order chi connectivity index (χ1) is 5.88. The predicted molar refractivity (Wildman–Crippen MR) is 65.8 cm³/mol. The molecule has 0 unspecified atom stereocenters. The van der Waals surface area contributed by atoms with Gasteiger partial charge in [-0.3, -0.25) is 0 Å². The van der Waals surface area contributed by atoms with E-state index in [0.29, 0.717) is 0 Å². The van der Waals surface area contributed by atoms with Crippen LogP contribution in [0.4, 0.5) is 0 Å². The molecule has 0 aromatic heterocycles. The largest absolute Gasteiger partial charge is 0.0853 e. The van der Waals surface area contributed by atoms with Crippen LogP contribution >= 0.6 is 0 Å². The maximum absolute atomic E-state index is 2.43. The van der Waals surface area contributed by atoms with Crippen LogP contribution in [0.25, 0.3) is 0 Å². The molecule has 0 aromatic carbocycles. The number of hydrogen-bond acceptors (Lipinski definition) is 0. The highest BCUT2D eigenvalue weighted by molar-refractivity contribution is 6.83. The Hall–Kier alpha value is -0.303. The molecule has 0 rings (SSSR count). The molecular formula is C12H24Si. The first-order valence-electron chi connectivity index (χ1n) is 5.23. The second-order valence-corrected chi connectivity index (χ2v) is 10.00. The standard InChI is InChI=1S/C12H24Si/c1-7-8-9-12(10-11(2)3)13(4,5)6/h9-10H,7-8H2,1-6H3/b12-9-. The van der Waals surface area contributed by atoms with Gasteiger partial charge in [0.05, 0.1) is 8.07 Å². The van der Waals surface area contributed by atoms with Crippen LogP contribution in [-0.2, 0) is 0 Å². The van der Waals surface area contributed by atoms with Gasteiger partial charge in [0, 0.05) is 0 Å². The van der Waals surface area contributed by atoms with Crippen molar-refractivity contribution in [1.29, 1.82) is 0 Å². The van der Waals surface area contributed by atoms with Crippen LogP contribution in [0.1, 0.15) is 33.6 Å². The van der Waals surface area contributed by atoms with Gasteiger partial charge in [0.1, 0.15) is 0 Å². The quantitative estimate of drug-likeness (QED) is 0.457. The molecule has 76 valence electrons. The third-order valence-corrected chi connectivity index (χ3v) is 4.04. The SMILES string of the molecule is CCC/C=C(/C=C(C)C)[Si](C)(C)C. The summed E-state index contributed by atoms with van der Waals surface area (Å²) in [4.78, 5) is 0. The van der Waals surface area contributed by atoms with Gasteiger partial charge >= 0.3 is 0 Å². The first kappa shape index (κ1) is 12.7. The molecule has 0 amide bonds. The molecule has 0 radical (unpaired) electrons. The first-order valence-corrected chi connectivity index (χ1v) is 8.73. The number of allylic oxidation sites excluding steroid dienone is 4. The zero-order valence-corrected chi connectivity index (χ0v) is 11.1. The van der Waals surface area contributed by atoms with Gasteiger partial charge in [-0.15, -0.1) is 0 Å². The highest BCUT2D eigenvalue weighted by Crippen LogP contribution is 2.18. The maximum Gasteiger partial charge on any atom is 0.0771 e. The minimum absolute atomic E-state index is 1.10. The molecule has 0 saturated heterocycles. The van der Waals surface area contributed by atoms with E-state index in [2.05, 4.69) is 52.6 Å². The fourth-order valence-corrected chi connectivity index (χ4v) is 2.67. The molecule has 0 atom stereocenters. The van der Waals surface area contributed by atoms with E-state index in [-0.39, 0.29) is 0 Å². The van der Waals surface area contributed by atoms with E-state index in [1.54, 1.807) is 5.20 Å². The van der Waals surface area contributed by atoms with E-state index < -0.39 is 8.07 Å². The number of rotatable bonds is 4. The summed E-state index contributed by atoms with van der Waals surface area (Å²) in [6.45, 7) is 13.8. The summed E-state index contributed by atoms with van der Waals surface area (Å²) in [5, 5.41) is 1.61. The smallest absolute Gasteiger partial charge is 0.0771 e. The van der Waals surface area contributed by atoms with Crippen molar-refractivity contribution in [2.24, 2.45) is 0 Å². The van der Waals surface area contributed by atoms with Crippen LogP contribution in [0.2, 0.25) is 19.6 Å². The minimum Gasteiger partial charge on any atom is -0.0853 e. The van der Waals surface area contributed by atoms with Crippen molar-refractivity contribution in [3.8, 4) is 0 Å². The summed E-state index contributed by atoms with van der Waals surface area (Å²) in [5.74, 6) is 0. The van der Waals surface area contributed by atoms with Crippen molar-refractivity contribution in [3.05, 3.63) is 22.9 Å². The Morgan fingerprint density at radius 2 is 1.69 bits per heavy atom. The Kier molecular flexibility index (Phi) is 5.31. The van der Waals surface area contributed by atoms with Crippen molar-refractivity contribution in [2.45, 2.75) is 53.3 Å². The van der Waals surface area contributed by atoms with Crippen molar-refractivity contribution >= 4 is 8.07 Å². The Morgan fingerprint density at radius 3 is 2.00 bits per heavy atom. The summed E-state index contributed by atoms with van der Waals surface area (Å²) in [5.41, 5.74) is 1.42. The molecule has 0 N–H and O–H groups in total. The Bertz CT molecular complexity index is 200. The van der Waals surface area contributed by atoms with Gasteiger partial charge in [0.25, 0.3) is 0 Å². The molecular weight excluding hydrogens is 172 g/mol. The normalized spacial score (nSPS) is 12.9. The number of hydrogen-bond donors (Lipinski definition) is 0. The van der Waals surface area contributed by atoms with Gasteiger partial charge in [-0.05, 0) is 20.3 Å². The minimum atomic E-state index is -1.10. The molecule has 0 aliphatic rings. The molecule has 0 nitrogen and oxygen atoms in total. The average molecular weight is 196 g/mol. The molecule has 0 aliphatic carbocycles. The van der Waals surface area contributed by atoms with Crippen LogP contribution in [0.15, 0.2) is 22.9 Å². The summed E-state index contributed by atoms with van der Waals surface area (Å²) in [6.07, 6.45) is 7.27. The molecule has 0 aromatic rings. The molecule has 0 heterocycles. The highest BCUT2D eigenvalue weighted by Gasteiger charge is 2.16. The van der Waals surface area contributed by atoms with Gasteiger partial charge in [-0.25, -0.2) is 0 Å². The van der Waals surface area contributed by atoms with Crippen LogP contribution in [0.5, 0.6) is 0 Å². The molecule has 0 bridgehead atoms. The van der Waals surface area contributed by atoms with Gasteiger partial charge in [0.2, 0.25) is 0 Å². The number of unbranched alkanes of at least 4 members (excludes halogenated alkanes) is 1. The lowest BCUT2D eigenvalue weighted by molar-refractivity contribution is 0.956. The molecule has 1 heteroatoms. The second-order valence-electron chi connectivity index (χ2n) is 4.92. The van der Waals surface area contributed by atoms with Crippen molar-refractivity contribution in [1.82, 2.24) is 0 Å².